The molecule has 3 N–H and O–H groups in total. The van der Waals surface area contributed by atoms with Gasteiger partial charge in [0.1, 0.15) is 5.75 Å². The van der Waals surface area contributed by atoms with Gasteiger partial charge in [0.05, 0.1) is 12.5 Å². The third kappa shape index (κ3) is 2.32. The van der Waals surface area contributed by atoms with Gasteiger partial charge >= 0.3 is 5.97 Å². The van der Waals surface area contributed by atoms with Crippen molar-refractivity contribution in [3.05, 3.63) is 29.3 Å². The van der Waals surface area contributed by atoms with E-state index in [9.17, 15) is 9.90 Å². The standard InChI is InChI=1S/C15H21NO3/c1-9(2)10-4-5-11(12(8-10)19-3)13(16)15(6-7-15)14(17)18/h4-5,8-9,13H,6-7,16H2,1-3H3,(H,17,18). The van der Waals surface area contributed by atoms with Crippen LogP contribution in [0, 0.1) is 5.41 Å². The Morgan fingerprint density at radius 2 is 2.05 bits per heavy atom. The van der Waals surface area contributed by atoms with Crippen LogP contribution in [0.1, 0.15) is 49.8 Å². The molecule has 4 nitrogen and oxygen atoms in total. The number of aliphatic carboxylic acids is 1. The van der Waals surface area contributed by atoms with E-state index in [0.29, 0.717) is 24.5 Å². The number of carbonyl (C=O) groups is 1. The number of carboxylic acid groups (broad SMARTS) is 1. The van der Waals surface area contributed by atoms with Crippen molar-refractivity contribution >= 4 is 5.97 Å². The van der Waals surface area contributed by atoms with E-state index in [-0.39, 0.29) is 0 Å². The minimum atomic E-state index is -0.810. The van der Waals surface area contributed by atoms with Crippen molar-refractivity contribution in [2.45, 2.75) is 38.6 Å². The zero-order chi connectivity index (χ0) is 14.2. The van der Waals surface area contributed by atoms with Crippen LogP contribution in [0.25, 0.3) is 0 Å². The van der Waals surface area contributed by atoms with Crippen LogP contribution in [0.15, 0.2) is 18.2 Å². The zero-order valence-electron chi connectivity index (χ0n) is 11.6. The number of nitrogens with two attached hydrogens (primary N) is 1. The second-order valence-corrected chi connectivity index (χ2v) is 5.60. The summed E-state index contributed by atoms with van der Waals surface area (Å²) in [5.74, 6) is 0.273. The molecule has 0 aliphatic heterocycles. The minimum Gasteiger partial charge on any atom is -0.496 e. The molecular formula is C15H21NO3. The summed E-state index contributed by atoms with van der Waals surface area (Å²) < 4.78 is 5.39. The molecule has 2 rings (SSSR count). The number of hydrogen-bond donors (Lipinski definition) is 2. The van der Waals surface area contributed by atoms with Crippen molar-refractivity contribution in [1.29, 1.82) is 0 Å². The van der Waals surface area contributed by atoms with E-state index in [1.807, 2.05) is 18.2 Å². The molecule has 0 heterocycles. The van der Waals surface area contributed by atoms with Crippen LogP contribution >= 0.6 is 0 Å². The first kappa shape index (κ1) is 13.9. The van der Waals surface area contributed by atoms with Crippen molar-refractivity contribution in [2.75, 3.05) is 7.11 Å². The van der Waals surface area contributed by atoms with E-state index in [0.717, 1.165) is 11.1 Å². The maximum atomic E-state index is 11.4. The smallest absolute Gasteiger partial charge is 0.311 e. The molecule has 0 radical (unpaired) electrons. The molecule has 1 atom stereocenters. The molecule has 0 saturated heterocycles. The van der Waals surface area contributed by atoms with E-state index >= 15 is 0 Å². The fourth-order valence-electron chi connectivity index (χ4n) is 2.43. The van der Waals surface area contributed by atoms with Gasteiger partial charge in [-0.1, -0.05) is 26.0 Å². The molecule has 104 valence electrons. The lowest BCUT2D eigenvalue weighted by Crippen LogP contribution is -2.30. The number of benzene rings is 1. The number of rotatable bonds is 5. The van der Waals surface area contributed by atoms with Crippen molar-refractivity contribution in [1.82, 2.24) is 0 Å². The van der Waals surface area contributed by atoms with Gasteiger partial charge in [-0.05, 0) is 30.4 Å². The molecule has 1 fully saturated rings. The van der Waals surface area contributed by atoms with Crippen molar-refractivity contribution in [2.24, 2.45) is 11.1 Å². The topological polar surface area (TPSA) is 72.5 Å². The number of methoxy groups -OCH3 is 1. The van der Waals surface area contributed by atoms with Crippen LogP contribution in [0.4, 0.5) is 0 Å². The molecule has 1 aliphatic rings. The third-order valence-corrected chi connectivity index (χ3v) is 4.07. The molecule has 1 aromatic carbocycles. The fourth-order valence-corrected chi connectivity index (χ4v) is 2.43. The summed E-state index contributed by atoms with van der Waals surface area (Å²) in [4.78, 5) is 11.4. The fraction of sp³-hybridized carbons (Fsp3) is 0.533. The molecule has 0 spiro atoms. The predicted octanol–water partition coefficient (Wildman–Crippen LogP) is 2.68. The minimum absolute atomic E-state index is 0.397. The summed E-state index contributed by atoms with van der Waals surface area (Å²) >= 11 is 0. The van der Waals surface area contributed by atoms with Crippen LogP contribution in [0.3, 0.4) is 0 Å². The molecule has 19 heavy (non-hydrogen) atoms. The van der Waals surface area contributed by atoms with Crippen molar-refractivity contribution < 1.29 is 14.6 Å². The van der Waals surface area contributed by atoms with Gasteiger partial charge in [-0.3, -0.25) is 4.79 Å². The largest absolute Gasteiger partial charge is 0.496 e. The van der Waals surface area contributed by atoms with Crippen LogP contribution in [0.5, 0.6) is 5.75 Å². The summed E-state index contributed by atoms with van der Waals surface area (Å²) in [6.45, 7) is 4.21. The quantitative estimate of drug-likeness (QED) is 0.856. The Kier molecular flexibility index (Phi) is 3.54. The maximum absolute atomic E-state index is 11.4. The lowest BCUT2D eigenvalue weighted by molar-refractivity contribution is -0.144. The van der Waals surface area contributed by atoms with Gasteiger partial charge in [0.2, 0.25) is 0 Å². The van der Waals surface area contributed by atoms with Gasteiger partial charge in [-0.25, -0.2) is 0 Å². The normalized spacial score (nSPS) is 18.2. The predicted molar refractivity (Wildman–Crippen MR) is 73.3 cm³/mol. The van der Waals surface area contributed by atoms with E-state index < -0.39 is 17.4 Å². The number of hydrogen-bond acceptors (Lipinski definition) is 3. The Morgan fingerprint density at radius 1 is 1.42 bits per heavy atom. The van der Waals surface area contributed by atoms with Crippen molar-refractivity contribution in [3.63, 3.8) is 0 Å². The van der Waals surface area contributed by atoms with Gasteiger partial charge in [0, 0.05) is 11.6 Å². The average Bonchev–Trinajstić information content (AvgIpc) is 3.18. The second kappa shape index (κ2) is 4.85. The summed E-state index contributed by atoms with van der Waals surface area (Å²) in [7, 11) is 1.59. The highest BCUT2D eigenvalue weighted by molar-refractivity contribution is 5.79. The molecule has 0 bridgehead atoms. The van der Waals surface area contributed by atoms with Gasteiger partial charge in [0.15, 0.2) is 0 Å². The molecule has 1 unspecified atom stereocenters. The first-order valence-electron chi connectivity index (χ1n) is 6.59. The lowest BCUT2D eigenvalue weighted by Gasteiger charge is -2.22. The molecular weight excluding hydrogens is 242 g/mol. The van der Waals surface area contributed by atoms with Gasteiger partial charge < -0.3 is 15.6 Å². The highest BCUT2D eigenvalue weighted by Gasteiger charge is 2.55. The SMILES string of the molecule is COc1cc(C(C)C)ccc1C(N)C1(C(=O)O)CC1. The lowest BCUT2D eigenvalue weighted by atomic mass is 9.88. The van der Waals surface area contributed by atoms with Crippen LogP contribution in [-0.2, 0) is 4.79 Å². The Balaban J connectivity index is 2.37. The highest BCUT2D eigenvalue weighted by atomic mass is 16.5. The molecule has 4 heteroatoms. The maximum Gasteiger partial charge on any atom is 0.311 e. The summed E-state index contributed by atoms with van der Waals surface area (Å²) in [6, 6.07) is 5.35. The number of carboxylic acids is 1. The first-order chi connectivity index (χ1) is 8.92. The van der Waals surface area contributed by atoms with Gasteiger partial charge in [-0.15, -0.1) is 0 Å². The van der Waals surface area contributed by atoms with Gasteiger partial charge in [0.25, 0.3) is 0 Å². The number of ether oxygens (including phenoxy) is 1. The molecule has 0 aromatic heterocycles. The Labute approximate surface area is 113 Å². The summed E-state index contributed by atoms with van der Waals surface area (Å²) in [6.07, 6.45) is 1.27. The average molecular weight is 263 g/mol. The highest BCUT2D eigenvalue weighted by Crippen LogP contribution is 2.55. The van der Waals surface area contributed by atoms with E-state index in [2.05, 4.69) is 13.8 Å². The molecule has 1 aromatic rings. The third-order valence-electron chi connectivity index (χ3n) is 4.07. The summed E-state index contributed by atoms with van der Waals surface area (Å²) in [5.41, 5.74) is 7.32. The Hall–Kier alpha value is -1.55. The van der Waals surface area contributed by atoms with Gasteiger partial charge in [-0.2, -0.15) is 0 Å². The van der Waals surface area contributed by atoms with Crippen LogP contribution < -0.4 is 10.5 Å². The molecule has 1 saturated carbocycles. The van der Waals surface area contributed by atoms with Crippen molar-refractivity contribution in [3.8, 4) is 5.75 Å². The van der Waals surface area contributed by atoms with E-state index in [1.54, 1.807) is 7.11 Å². The Morgan fingerprint density at radius 3 is 2.47 bits per heavy atom. The summed E-state index contributed by atoms with van der Waals surface area (Å²) in [5, 5.41) is 9.32. The zero-order valence-corrected chi connectivity index (χ0v) is 11.6. The van der Waals surface area contributed by atoms with E-state index in [1.165, 1.54) is 0 Å². The molecule has 1 aliphatic carbocycles. The monoisotopic (exact) mass is 263 g/mol. The Bertz CT molecular complexity index is 492. The van der Waals surface area contributed by atoms with Crippen LogP contribution in [0.2, 0.25) is 0 Å². The van der Waals surface area contributed by atoms with Crippen LogP contribution in [-0.4, -0.2) is 18.2 Å². The second-order valence-electron chi connectivity index (χ2n) is 5.60. The first-order valence-corrected chi connectivity index (χ1v) is 6.59. The molecule has 0 amide bonds. The van der Waals surface area contributed by atoms with E-state index in [4.69, 9.17) is 10.5 Å².